The van der Waals surface area contributed by atoms with Crippen molar-refractivity contribution < 1.29 is 9.59 Å². The van der Waals surface area contributed by atoms with Crippen molar-refractivity contribution in [3.63, 3.8) is 0 Å². The van der Waals surface area contributed by atoms with Crippen LogP contribution >= 0.6 is 0 Å². The van der Waals surface area contributed by atoms with Crippen molar-refractivity contribution in [1.82, 2.24) is 9.88 Å². The molecule has 152 valence electrons. The van der Waals surface area contributed by atoms with Crippen LogP contribution in [0.2, 0.25) is 0 Å². The molecule has 0 atom stereocenters. The van der Waals surface area contributed by atoms with Crippen molar-refractivity contribution in [2.45, 2.75) is 38.1 Å². The molecule has 0 bridgehead atoms. The van der Waals surface area contributed by atoms with Gasteiger partial charge in [0.1, 0.15) is 5.82 Å². The van der Waals surface area contributed by atoms with Crippen LogP contribution in [0.1, 0.15) is 52.8 Å². The van der Waals surface area contributed by atoms with E-state index in [4.69, 9.17) is 5.73 Å². The predicted molar refractivity (Wildman–Crippen MR) is 114 cm³/mol. The van der Waals surface area contributed by atoms with Crippen LogP contribution in [0.15, 0.2) is 36.5 Å². The van der Waals surface area contributed by atoms with Crippen LogP contribution in [0.4, 0.5) is 17.2 Å². The summed E-state index contributed by atoms with van der Waals surface area (Å²) in [6, 6.07) is 9.68. The Balaban J connectivity index is 1.53. The molecule has 1 saturated heterocycles. The van der Waals surface area contributed by atoms with Crippen molar-refractivity contribution >= 4 is 29.0 Å². The minimum absolute atomic E-state index is 0.0761. The minimum atomic E-state index is -0.474. The second kappa shape index (κ2) is 8.11. The van der Waals surface area contributed by atoms with E-state index >= 15 is 0 Å². The Hall–Kier alpha value is -3.09. The monoisotopic (exact) mass is 393 g/mol. The van der Waals surface area contributed by atoms with Crippen LogP contribution < -0.4 is 16.0 Å². The number of rotatable bonds is 6. The van der Waals surface area contributed by atoms with E-state index in [-0.39, 0.29) is 5.91 Å². The predicted octanol–water partition coefficient (Wildman–Crippen LogP) is 3.15. The lowest BCUT2D eigenvalue weighted by atomic mass is 10.1. The molecule has 1 aromatic carbocycles. The smallest absolute Gasteiger partial charge is 0.253 e. The Kier molecular flexibility index (Phi) is 5.38. The first-order chi connectivity index (χ1) is 14.0. The maximum atomic E-state index is 12.3. The Labute approximate surface area is 170 Å². The van der Waals surface area contributed by atoms with E-state index in [1.165, 1.54) is 19.0 Å². The lowest BCUT2D eigenvalue weighted by molar-refractivity contribution is 0.0651. The van der Waals surface area contributed by atoms with Crippen molar-refractivity contribution in [3.05, 3.63) is 47.7 Å². The number of pyridine rings is 1. The molecule has 0 spiro atoms. The molecular weight excluding hydrogens is 366 g/mol. The maximum Gasteiger partial charge on any atom is 0.253 e. The standard InChI is InChI=1S/C22H27N5O2/c1-26(17-5-2-3-6-17)19-13-20(24-14-18(19)21(23)28)25-16-9-7-15(8-10-16)22(29)27-11-4-12-27/h7-10,13-14,17H,2-6,11-12H2,1H3,(H2,23,28)(H,24,25). The molecule has 1 aromatic heterocycles. The van der Waals surface area contributed by atoms with Crippen LogP contribution in [-0.4, -0.2) is 47.9 Å². The third-order valence-corrected chi connectivity index (χ3v) is 5.95. The molecule has 0 unspecified atom stereocenters. The number of primary amides is 1. The van der Waals surface area contributed by atoms with Gasteiger partial charge in [0.05, 0.1) is 11.3 Å². The normalized spacial score (nSPS) is 16.4. The second-order valence-electron chi connectivity index (χ2n) is 7.85. The third kappa shape index (κ3) is 4.04. The molecule has 2 aromatic rings. The molecule has 2 fully saturated rings. The zero-order valence-corrected chi connectivity index (χ0v) is 16.7. The van der Waals surface area contributed by atoms with Crippen molar-refractivity contribution in [2.75, 3.05) is 30.4 Å². The highest BCUT2D eigenvalue weighted by molar-refractivity contribution is 5.99. The number of hydrogen-bond acceptors (Lipinski definition) is 5. The highest BCUT2D eigenvalue weighted by Gasteiger charge is 2.24. The van der Waals surface area contributed by atoms with Gasteiger partial charge in [0, 0.05) is 49.7 Å². The number of benzene rings is 1. The molecule has 2 heterocycles. The average molecular weight is 393 g/mol. The zero-order chi connectivity index (χ0) is 20.4. The second-order valence-corrected chi connectivity index (χ2v) is 7.85. The molecule has 7 nitrogen and oxygen atoms in total. The Bertz CT molecular complexity index is 902. The van der Waals surface area contributed by atoms with Gasteiger partial charge < -0.3 is 20.9 Å². The van der Waals surface area contributed by atoms with Gasteiger partial charge in [-0.15, -0.1) is 0 Å². The Morgan fingerprint density at radius 2 is 1.83 bits per heavy atom. The number of carbonyl (C=O) groups is 2. The number of nitrogens with zero attached hydrogens (tertiary/aromatic N) is 3. The van der Waals surface area contributed by atoms with E-state index in [0.29, 0.717) is 23.0 Å². The van der Waals surface area contributed by atoms with Crippen molar-refractivity contribution in [3.8, 4) is 0 Å². The van der Waals surface area contributed by atoms with Crippen LogP contribution in [0.25, 0.3) is 0 Å². The molecule has 1 aliphatic heterocycles. The van der Waals surface area contributed by atoms with Crippen LogP contribution in [0.3, 0.4) is 0 Å². The van der Waals surface area contributed by atoms with Crippen molar-refractivity contribution in [2.24, 2.45) is 5.73 Å². The largest absolute Gasteiger partial charge is 0.371 e. The summed E-state index contributed by atoms with van der Waals surface area (Å²) in [6.07, 6.45) is 7.26. The number of nitrogens with one attached hydrogen (secondary N) is 1. The minimum Gasteiger partial charge on any atom is -0.371 e. The van der Waals surface area contributed by atoms with Gasteiger partial charge in [0.2, 0.25) is 0 Å². The quantitative estimate of drug-likeness (QED) is 0.787. The lowest BCUT2D eigenvalue weighted by Gasteiger charge is -2.30. The topological polar surface area (TPSA) is 91.6 Å². The van der Waals surface area contributed by atoms with Crippen molar-refractivity contribution in [1.29, 1.82) is 0 Å². The summed E-state index contributed by atoms with van der Waals surface area (Å²) < 4.78 is 0. The van der Waals surface area contributed by atoms with Gasteiger partial charge in [0.15, 0.2) is 0 Å². The van der Waals surface area contributed by atoms with E-state index in [0.717, 1.165) is 43.7 Å². The van der Waals surface area contributed by atoms with Gasteiger partial charge in [-0.25, -0.2) is 4.98 Å². The third-order valence-electron chi connectivity index (χ3n) is 5.95. The lowest BCUT2D eigenvalue weighted by Crippen LogP contribution is -2.41. The number of hydrogen-bond donors (Lipinski definition) is 2. The van der Waals surface area contributed by atoms with Gasteiger partial charge in [0.25, 0.3) is 11.8 Å². The summed E-state index contributed by atoms with van der Waals surface area (Å²) in [5, 5.41) is 3.26. The van der Waals surface area contributed by atoms with Gasteiger partial charge >= 0.3 is 0 Å². The maximum absolute atomic E-state index is 12.3. The fourth-order valence-electron chi connectivity index (χ4n) is 4.03. The Morgan fingerprint density at radius 1 is 1.14 bits per heavy atom. The molecule has 0 radical (unpaired) electrons. The number of amides is 2. The fourth-order valence-corrected chi connectivity index (χ4v) is 4.03. The number of carbonyl (C=O) groups excluding carboxylic acids is 2. The van der Waals surface area contributed by atoms with Gasteiger partial charge in [-0.05, 0) is 43.5 Å². The fraction of sp³-hybridized carbons (Fsp3) is 0.409. The van der Waals surface area contributed by atoms with Gasteiger partial charge in [-0.1, -0.05) is 12.8 Å². The first kappa shape index (κ1) is 19.2. The molecule has 1 aliphatic carbocycles. The van der Waals surface area contributed by atoms with Gasteiger partial charge in [-0.3, -0.25) is 9.59 Å². The number of nitrogens with two attached hydrogens (primary N) is 1. The number of likely N-dealkylation sites (tertiary alicyclic amines) is 1. The first-order valence-electron chi connectivity index (χ1n) is 10.2. The van der Waals surface area contributed by atoms with Gasteiger partial charge in [-0.2, -0.15) is 0 Å². The van der Waals surface area contributed by atoms with E-state index in [1.54, 1.807) is 0 Å². The first-order valence-corrected chi connectivity index (χ1v) is 10.2. The molecule has 3 N–H and O–H groups in total. The van der Waals surface area contributed by atoms with E-state index in [2.05, 4.69) is 15.2 Å². The SMILES string of the molecule is CN(c1cc(Nc2ccc(C(=O)N3CCC3)cc2)ncc1C(N)=O)C1CCCC1. The average Bonchev–Trinajstić information content (AvgIpc) is 3.21. The number of anilines is 3. The number of aromatic nitrogens is 1. The highest BCUT2D eigenvalue weighted by Crippen LogP contribution is 2.31. The molecule has 4 rings (SSSR count). The highest BCUT2D eigenvalue weighted by atomic mass is 16.2. The molecule has 7 heteroatoms. The summed E-state index contributed by atoms with van der Waals surface area (Å²) in [4.78, 5) is 32.5. The zero-order valence-electron chi connectivity index (χ0n) is 16.7. The summed E-state index contributed by atoms with van der Waals surface area (Å²) in [6.45, 7) is 1.68. The van der Waals surface area contributed by atoms with Crippen LogP contribution in [-0.2, 0) is 0 Å². The van der Waals surface area contributed by atoms with E-state index < -0.39 is 5.91 Å². The molecule has 1 saturated carbocycles. The van der Waals surface area contributed by atoms with Crippen LogP contribution in [0, 0.1) is 0 Å². The summed E-state index contributed by atoms with van der Waals surface area (Å²) >= 11 is 0. The molecular formula is C22H27N5O2. The Morgan fingerprint density at radius 3 is 2.41 bits per heavy atom. The summed E-state index contributed by atoms with van der Waals surface area (Å²) in [5.74, 6) is 0.238. The summed E-state index contributed by atoms with van der Waals surface area (Å²) in [5.41, 5.74) is 8.33. The molecule has 2 aliphatic rings. The van der Waals surface area contributed by atoms with Crippen LogP contribution in [0.5, 0.6) is 0 Å². The summed E-state index contributed by atoms with van der Waals surface area (Å²) in [7, 11) is 2.01. The van der Waals surface area contributed by atoms with E-state index in [1.807, 2.05) is 42.3 Å². The van der Waals surface area contributed by atoms with E-state index in [9.17, 15) is 9.59 Å². The molecule has 2 amide bonds. The molecule has 29 heavy (non-hydrogen) atoms.